The first kappa shape index (κ1) is 20.4. The number of nitrogens with one attached hydrogen (secondary N) is 1. The number of rotatable bonds is 6. The molecule has 0 saturated heterocycles. The lowest BCUT2D eigenvalue weighted by Crippen LogP contribution is -2.46. The molecule has 142 valence electrons. The van der Waals surface area contributed by atoms with Crippen molar-refractivity contribution < 1.29 is 9.59 Å². The van der Waals surface area contributed by atoms with Gasteiger partial charge in [-0.25, -0.2) is 4.79 Å². The molecule has 1 N–H and O–H groups in total. The highest BCUT2D eigenvalue weighted by atomic mass is 16.2. The van der Waals surface area contributed by atoms with Crippen molar-refractivity contribution in [2.75, 3.05) is 0 Å². The maximum absolute atomic E-state index is 13.1. The smallest absolute Gasteiger partial charge is 0.325 e. The van der Waals surface area contributed by atoms with E-state index in [1.807, 2.05) is 88.4 Å². The standard InChI is InChI=1S/C23H28N2O2/c1-16(2)17(3)22(26)25(19(5)21-14-10-7-11-15-21)23(27)24-18(4)20-12-8-6-9-13-20/h6-16,18-19H,3H2,1-2,4-5H3,(H,24,27)/t18-,19-/m0/s1. The van der Waals surface area contributed by atoms with Gasteiger partial charge in [-0.1, -0.05) is 81.1 Å². The number of nitrogens with zero attached hydrogens (tertiary/aromatic N) is 1. The Hall–Kier alpha value is -2.88. The fraction of sp³-hybridized carbons (Fsp3) is 0.304. The molecule has 0 spiro atoms. The molecule has 0 heterocycles. The summed E-state index contributed by atoms with van der Waals surface area (Å²) in [5.74, 6) is -0.388. The summed E-state index contributed by atoms with van der Waals surface area (Å²) < 4.78 is 0. The zero-order valence-corrected chi connectivity index (χ0v) is 16.5. The molecular weight excluding hydrogens is 336 g/mol. The van der Waals surface area contributed by atoms with Gasteiger partial charge in [-0.3, -0.25) is 9.69 Å². The monoisotopic (exact) mass is 364 g/mol. The highest BCUT2D eigenvalue weighted by molar-refractivity contribution is 6.04. The maximum atomic E-state index is 13.1. The van der Waals surface area contributed by atoms with Crippen LogP contribution in [0.4, 0.5) is 4.79 Å². The van der Waals surface area contributed by atoms with Gasteiger partial charge in [0.2, 0.25) is 0 Å². The molecule has 2 aromatic carbocycles. The molecule has 2 atom stereocenters. The van der Waals surface area contributed by atoms with Crippen LogP contribution in [0.1, 0.15) is 50.9 Å². The third-order valence-corrected chi connectivity index (χ3v) is 4.72. The number of hydrogen-bond acceptors (Lipinski definition) is 2. The molecule has 0 aliphatic heterocycles. The van der Waals surface area contributed by atoms with Crippen LogP contribution >= 0.6 is 0 Å². The van der Waals surface area contributed by atoms with Crippen LogP contribution in [0.3, 0.4) is 0 Å². The van der Waals surface area contributed by atoms with Gasteiger partial charge in [-0.15, -0.1) is 0 Å². The van der Waals surface area contributed by atoms with E-state index in [9.17, 15) is 9.59 Å². The third-order valence-electron chi connectivity index (χ3n) is 4.72. The Morgan fingerprint density at radius 1 is 0.852 bits per heavy atom. The van der Waals surface area contributed by atoms with Crippen molar-refractivity contribution in [2.45, 2.75) is 39.8 Å². The molecule has 4 heteroatoms. The van der Waals surface area contributed by atoms with E-state index in [1.165, 1.54) is 4.90 Å². The molecule has 0 fully saturated rings. The van der Waals surface area contributed by atoms with Crippen molar-refractivity contribution in [2.24, 2.45) is 5.92 Å². The van der Waals surface area contributed by atoms with Crippen LogP contribution in [-0.2, 0) is 4.79 Å². The predicted molar refractivity (Wildman–Crippen MR) is 109 cm³/mol. The zero-order valence-electron chi connectivity index (χ0n) is 16.5. The number of imide groups is 1. The lowest BCUT2D eigenvalue weighted by Gasteiger charge is -2.30. The molecular formula is C23H28N2O2. The molecule has 2 aromatic rings. The minimum Gasteiger partial charge on any atom is -0.331 e. The quantitative estimate of drug-likeness (QED) is 0.711. The van der Waals surface area contributed by atoms with Crippen molar-refractivity contribution in [3.05, 3.63) is 83.9 Å². The Labute approximate surface area is 161 Å². The number of carbonyl (C=O) groups is 2. The van der Waals surface area contributed by atoms with Crippen molar-refractivity contribution in [3.8, 4) is 0 Å². The second kappa shape index (κ2) is 9.17. The summed E-state index contributed by atoms with van der Waals surface area (Å²) >= 11 is 0. The van der Waals surface area contributed by atoms with E-state index in [1.54, 1.807) is 0 Å². The van der Waals surface area contributed by atoms with Crippen LogP contribution < -0.4 is 5.32 Å². The highest BCUT2D eigenvalue weighted by Crippen LogP contribution is 2.24. The fourth-order valence-electron chi connectivity index (χ4n) is 2.81. The normalized spacial score (nSPS) is 12.9. The lowest BCUT2D eigenvalue weighted by atomic mass is 10.0. The van der Waals surface area contributed by atoms with Crippen LogP contribution in [0.15, 0.2) is 72.8 Å². The first-order valence-electron chi connectivity index (χ1n) is 9.25. The maximum Gasteiger partial charge on any atom is 0.325 e. The SMILES string of the molecule is C=C(C(=O)N(C(=O)N[C@@H](C)c1ccccc1)[C@@H](C)c1ccccc1)C(C)C. The van der Waals surface area contributed by atoms with Crippen LogP contribution in [0.5, 0.6) is 0 Å². The number of urea groups is 1. The third kappa shape index (κ3) is 5.07. The molecule has 0 aliphatic rings. The molecule has 0 radical (unpaired) electrons. The van der Waals surface area contributed by atoms with E-state index >= 15 is 0 Å². The summed E-state index contributed by atoms with van der Waals surface area (Å²) in [5, 5.41) is 2.95. The summed E-state index contributed by atoms with van der Waals surface area (Å²) in [6.07, 6.45) is 0. The van der Waals surface area contributed by atoms with E-state index < -0.39 is 12.1 Å². The second-order valence-corrected chi connectivity index (χ2v) is 7.02. The fourth-order valence-corrected chi connectivity index (χ4v) is 2.81. The van der Waals surface area contributed by atoms with Gasteiger partial charge in [0.1, 0.15) is 0 Å². The van der Waals surface area contributed by atoms with Gasteiger partial charge in [0.25, 0.3) is 5.91 Å². The minimum absolute atomic E-state index is 0.0395. The highest BCUT2D eigenvalue weighted by Gasteiger charge is 2.31. The van der Waals surface area contributed by atoms with Gasteiger partial charge in [-0.2, -0.15) is 0 Å². The Kier molecular flexibility index (Phi) is 6.94. The number of carbonyl (C=O) groups excluding carboxylic acids is 2. The van der Waals surface area contributed by atoms with Gasteiger partial charge in [0.05, 0.1) is 12.1 Å². The summed E-state index contributed by atoms with van der Waals surface area (Å²) in [6, 6.07) is 18.2. The van der Waals surface area contributed by atoms with E-state index in [4.69, 9.17) is 0 Å². The number of hydrogen-bond donors (Lipinski definition) is 1. The molecule has 3 amide bonds. The summed E-state index contributed by atoms with van der Waals surface area (Å²) in [7, 11) is 0. The summed E-state index contributed by atoms with van der Waals surface area (Å²) in [5.41, 5.74) is 2.29. The molecule has 0 aromatic heterocycles. The number of benzene rings is 2. The van der Waals surface area contributed by atoms with Crippen molar-refractivity contribution in [3.63, 3.8) is 0 Å². The summed E-state index contributed by atoms with van der Waals surface area (Å²) in [4.78, 5) is 27.4. The lowest BCUT2D eigenvalue weighted by molar-refractivity contribution is -0.126. The van der Waals surface area contributed by atoms with Gasteiger partial charge in [0.15, 0.2) is 0 Å². The van der Waals surface area contributed by atoms with Gasteiger partial charge in [0, 0.05) is 5.57 Å². The molecule has 4 nitrogen and oxygen atoms in total. The molecule has 0 unspecified atom stereocenters. The van der Waals surface area contributed by atoms with Crippen LogP contribution in [0.25, 0.3) is 0 Å². The zero-order chi connectivity index (χ0) is 20.0. The molecule has 0 bridgehead atoms. The molecule has 2 rings (SSSR count). The van der Waals surface area contributed by atoms with Crippen molar-refractivity contribution in [1.82, 2.24) is 10.2 Å². The van der Waals surface area contributed by atoms with E-state index in [0.29, 0.717) is 5.57 Å². The average molecular weight is 364 g/mol. The average Bonchev–Trinajstić information content (AvgIpc) is 2.68. The Morgan fingerprint density at radius 2 is 1.33 bits per heavy atom. The van der Waals surface area contributed by atoms with Crippen molar-refractivity contribution in [1.29, 1.82) is 0 Å². The molecule has 0 saturated carbocycles. The predicted octanol–water partition coefficient (Wildman–Crippen LogP) is 5.26. The van der Waals surface area contributed by atoms with Crippen LogP contribution in [-0.4, -0.2) is 16.8 Å². The Bertz CT molecular complexity index is 785. The topological polar surface area (TPSA) is 49.4 Å². The van der Waals surface area contributed by atoms with Gasteiger partial charge in [-0.05, 0) is 30.9 Å². The van der Waals surface area contributed by atoms with Gasteiger partial charge >= 0.3 is 6.03 Å². The second-order valence-electron chi connectivity index (χ2n) is 7.02. The number of amides is 3. The Balaban J connectivity index is 2.29. The summed E-state index contributed by atoms with van der Waals surface area (Å²) in [6.45, 7) is 11.5. The first-order valence-corrected chi connectivity index (χ1v) is 9.25. The van der Waals surface area contributed by atoms with Crippen LogP contribution in [0, 0.1) is 5.92 Å². The van der Waals surface area contributed by atoms with Crippen molar-refractivity contribution >= 4 is 11.9 Å². The van der Waals surface area contributed by atoms with E-state index in [2.05, 4.69) is 11.9 Å². The van der Waals surface area contributed by atoms with Crippen LogP contribution in [0.2, 0.25) is 0 Å². The largest absolute Gasteiger partial charge is 0.331 e. The Morgan fingerprint density at radius 3 is 1.81 bits per heavy atom. The minimum atomic E-state index is -0.422. The van der Waals surface area contributed by atoms with E-state index in [0.717, 1.165) is 11.1 Å². The molecule has 0 aliphatic carbocycles. The molecule has 27 heavy (non-hydrogen) atoms. The van der Waals surface area contributed by atoms with E-state index in [-0.39, 0.29) is 17.9 Å². The first-order chi connectivity index (χ1) is 12.8. The van der Waals surface area contributed by atoms with Gasteiger partial charge < -0.3 is 5.32 Å².